The van der Waals surface area contributed by atoms with E-state index < -0.39 is 11.7 Å². The highest BCUT2D eigenvalue weighted by atomic mass is 16.2. The summed E-state index contributed by atoms with van der Waals surface area (Å²) < 4.78 is 0. The van der Waals surface area contributed by atoms with Gasteiger partial charge in [-0.1, -0.05) is 30.7 Å². The van der Waals surface area contributed by atoms with E-state index in [0.717, 1.165) is 5.56 Å². The number of nitrogens with one attached hydrogen (secondary N) is 1. The lowest BCUT2D eigenvalue weighted by atomic mass is 10.1. The van der Waals surface area contributed by atoms with Crippen LogP contribution in [-0.4, -0.2) is 39.8 Å². The fourth-order valence-corrected chi connectivity index (χ4v) is 3.44. The summed E-state index contributed by atoms with van der Waals surface area (Å²) in [4.78, 5) is 47.8. The number of hydrogen-bond acceptors (Lipinski definition) is 5. The number of aryl methyl sites for hydroxylation is 1. The van der Waals surface area contributed by atoms with Crippen LogP contribution in [0.2, 0.25) is 0 Å². The minimum absolute atomic E-state index is 0.190. The van der Waals surface area contributed by atoms with E-state index in [1.165, 1.54) is 4.90 Å². The highest BCUT2D eigenvalue weighted by Crippen LogP contribution is 2.29. The zero-order valence-electron chi connectivity index (χ0n) is 15.7. The number of fused-ring (bicyclic) bond motifs is 2. The average Bonchev–Trinajstić information content (AvgIpc) is 2.92. The van der Waals surface area contributed by atoms with Crippen molar-refractivity contribution in [3.8, 4) is 0 Å². The molecule has 0 radical (unpaired) electrons. The molecule has 1 aliphatic heterocycles. The van der Waals surface area contributed by atoms with Gasteiger partial charge >= 0.3 is 5.91 Å². The SMILES string of the molecule is CCN(Cc1nc2ccccc2c(=O)[nH]1)CN1C(=O)C(=O)c2cc(C)ccc21. The molecule has 7 nitrogen and oxygen atoms in total. The van der Waals surface area contributed by atoms with Gasteiger partial charge in [0.25, 0.3) is 11.3 Å². The smallest absolute Gasteiger partial charge is 0.300 e. The molecule has 0 saturated heterocycles. The predicted octanol–water partition coefficient (Wildman–Crippen LogP) is 2.24. The predicted molar refractivity (Wildman–Crippen MR) is 106 cm³/mol. The Labute approximate surface area is 161 Å². The Morgan fingerprint density at radius 1 is 1.11 bits per heavy atom. The lowest BCUT2D eigenvalue weighted by Gasteiger charge is -2.26. The molecule has 0 unspecified atom stereocenters. The monoisotopic (exact) mass is 376 g/mol. The maximum atomic E-state index is 12.5. The molecule has 1 aliphatic rings. The van der Waals surface area contributed by atoms with Gasteiger partial charge in [0.1, 0.15) is 5.82 Å². The summed E-state index contributed by atoms with van der Waals surface area (Å²) in [5, 5.41) is 0.541. The number of ketones is 1. The second-order valence-electron chi connectivity index (χ2n) is 6.90. The van der Waals surface area contributed by atoms with Crippen LogP contribution in [0.4, 0.5) is 5.69 Å². The topological polar surface area (TPSA) is 86.4 Å². The van der Waals surface area contributed by atoms with E-state index in [1.807, 2.05) is 30.9 Å². The van der Waals surface area contributed by atoms with Crippen LogP contribution in [0.3, 0.4) is 0 Å². The first kappa shape index (κ1) is 18.1. The molecule has 1 aromatic heterocycles. The number of carbonyl (C=O) groups excluding carboxylic acids is 2. The lowest BCUT2D eigenvalue weighted by Crippen LogP contribution is -2.41. The van der Waals surface area contributed by atoms with Gasteiger partial charge in [-0.2, -0.15) is 0 Å². The van der Waals surface area contributed by atoms with E-state index in [0.29, 0.717) is 41.1 Å². The number of amides is 1. The maximum absolute atomic E-state index is 12.5. The molecule has 0 atom stereocenters. The first-order valence-electron chi connectivity index (χ1n) is 9.15. The number of para-hydroxylation sites is 1. The minimum atomic E-state index is -0.529. The van der Waals surface area contributed by atoms with E-state index in [1.54, 1.807) is 30.3 Å². The van der Waals surface area contributed by atoms with Crippen molar-refractivity contribution in [1.82, 2.24) is 14.9 Å². The Morgan fingerprint density at radius 3 is 2.68 bits per heavy atom. The lowest BCUT2D eigenvalue weighted by molar-refractivity contribution is -0.114. The molecule has 0 bridgehead atoms. The molecule has 0 spiro atoms. The molecule has 1 amide bonds. The number of rotatable bonds is 5. The average molecular weight is 376 g/mol. The molecule has 2 aromatic carbocycles. The van der Waals surface area contributed by atoms with Crippen LogP contribution in [0.15, 0.2) is 47.3 Å². The number of Topliss-reactive ketones (excluding diaryl/α,β-unsaturated/α-hetero) is 1. The summed E-state index contributed by atoms with van der Waals surface area (Å²) in [7, 11) is 0. The number of anilines is 1. The standard InChI is InChI=1S/C21H20N4O3/c1-3-24(11-18-22-16-7-5-4-6-14(16)20(27)23-18)12-25-17-9-8-13(2)10-15(17)19(26)21(25)28/h4-10H,3,11-12H2,1-2H3,(H,22,23,27). The van der Waals surface area contributed by atoms with Gasteiger partial charge in [-0.25, -0.2) is 4.98 Å². The fraction of sp³-hybridized carbons (Fsp3) is 0.238. The van der Waals surface area contributed by atoms with E-state index in [4.69, 9.17) is 0 Å². The molecule has 1 N–H and O–H groups in total. The third kappa shape index (κ3) is 3.10. The molecule has 2 heterocycles. The summed E-state index contributed by atoms with van der Waals surface area (Å²) >= 11 is 0. The van der Waals surface area contributed by atoms with E-state index in [9.17, 15) is 14.4 Å². The van der Waals surface area contributed by atoms with Crippen molar-refractivity contribution in [2.75, 3.05) is 18.1 Å². The van der Waals surface area contributed by atoms with Crippen molar-refractivity contribution < 1.29 is 9.59 Å². The Kier molecular flexibility index (Phi) is 4.52. The van der Waals surface area contributed by atoms with Crippen molar-refractivity contribution in [1.29, 1.82) is 0 Å². The van der Waals surface area contributed by atoms with Gasteiger partial charge in [0.05, 0.1) is 35.4 Å². The third-order valence-corrected chi connectivity index (χ3v) is 4.95. The third-order valence-electron chi connectivity index (χ3n) is 4.95. The number of hydrogen-bond donors (Lipinski definition) is 1. The molecule has 4 rings (SSSR count). The summed E-state index contributed by atoms with van der Waals surface area (Å²) in [5.41, 5.74) is 2.44. The largest absolute Gasteiger partial charge is 0.309 e. The second-order valence-corrected chi connectivity index (χ2v) is 6.90. The maximum Gasteiger partial charge on any atom is 0.300 e. The molecule has 0 aliphatic carbocycles. The van der Waals surface area contributed by atoms with Gasteiger partial charge in [-0.15, -0.1) is 0 Å². The molecule has 0 saturated carbocycles. The van der Waals surface area contributed by atoms with Crippen LogP contribution in [0.25, 0.3) is 10.9 Å². The first-order chi connectivity index (χ1) is 13.5. The van der Waals surface area contributed by atoms with Crippen LogP contribution in [0.1, 0.15) is 28.7 Å². The van der Waals surface area contributed by atoms with Gasteiger partial charge in [-0.05, 0) is 37.7 Å². The van der Waals surface area contributed by atoms with Gasteiger partial charge in [-0.3, -0.25) is 24.2 Å². The first-order valence-corrected chi connectivity index (χ1v) is 9.15. The van der Waals surface area contributed by atoms with Gasteiger partial charge in [0.2, 0.25) is 0 Å². The molecule has 3 aromatic rings. The van der Waals surface area contributed by atoms with Crippen molar-refractivity contribution in [3.63, 3.8) is 0 Å². The zero-order chi connectivity index (χ0) is 19.8. The molecular weight excluding hydrogens is 356 g/mol. The number of nitrogens with zero attached hydrogens (tertiary/aromatic N) is 3. The number of aromatic amines is 1. The summed E-state index contributed by atoms with van der Waals surface area (Å²) in [5.74, 6) is -0.487. The zero-order valence-corrected chi connectivity index (χ0v) is 15.7. The summed E-state index contributed by atoms with van der Waals surface area (Å²) in [6, 6.07) is 12.6. The van der Waals surface area contributed by atoms with E-state index in [-0.39, 0.29) is 12.2 Å². The van der Waals surface area contributed by atoms with Crippen molar-refractivity contribution in [2.24, 2.45) is 0 Å². The highest BCUT2D eigenvalue weighted by Gasteiger charge is 2.36. The van der Waals surface area contributed by atoms with Crippen LogP contribution < -0.4 is 10.5 Å². The number of aromatic nitrogens is 2. The Balaban J connectivity index is 1.60. The number of H-pyrrole nitrogens is 1. The van der Waals surface area contributed by atoms with Gasteiger partial charge in [0.15, 0.2) is 0 Å². The number of carbonyl (C=O) groups is 2. The molecule has 7 heteroatoms. The van der Waals surface area contributed by atoms with Crippen LogP contribution in [-0.2, 0) is 11.3 Å². The van der Waals surface area contributed by atoms with E-state index in [2.05, 4.69) is 9.97 Å². The Hall–Kier alpha value is -3.32. The van der Waals surface area contributed by atoms with Crippen LogP contribution in [0, 0.1) is 6.92 Å². The van der Waals surface area contributed by atoms with E-state index >= 15 is 0 Å². The normalized spacial score (nSPS) is 13.6. The van der Waals surface area contributed by atoms with Crippen molar-refractivity contribution >= 4 is 28.3 Å². The fourth-order valence-electron chi connectivity index (χ4n) is 3.44. The molecule has 142 valence electrons. The van der Waals surface area contributed by atoms with Gasteiger partial charge in [0, 0.05) is 0 Å². The highest BCUT2D eigenvalue weighted by molar-refractivity contribution is 6.52. The van der Waals surface area contributed by atoms with Crippen LogP contribution >= 0.6 is 0 Å². The van der Waals surface area contributed by atoms with Crippen LogP contribution in [0.5, 0.6) is 0 Å². The summed E-state index contributed by atoms with van der Waals surface area (Å²) in [6.45, 7) is 5.07. The minimum Gasteiger partial charge on any atom is -0.309 e. The Morgan fingerprint density at radius 2 is 1.89 bits per heavy atom. The quantitative estimate of drug-likeness (QED) is 0.690. The Bertz CT molecular complexity index is 1150. The molecule has 28 heavy (non-hydrogen) atoms. The van der Waals surface area contributed by atoms with Crippen molar-refractivity contribution in [2.45, 2.75) is 20.4 Å². The molecular formula is C21H20N4O3. The molecule has 0 fully saturated rings. The summed E-state index contributed by atoms with van der Waals surface area (Å²) in [6.07, 6.45) is 0. The van der Waals surface area contributed by atoms with Crippen molar-refractivity contribution in [3.05, 3.63) is 69.8 Å². The number of benzene rings is 2. The van der Waals surface area contributed by atoms with Gasteiger partial charge < -0.3 is 4.98 Å². The second kappa shape index (κ2) is 7.01.